The second-order valence-corrected chi connectivity index (χ2v) is 7.02. The van der Waals surface area contributed by atoms with Crippen LogP contribution in [0.25, 0.3) is 11.1 Å². The summed E-state index contributed by atoms with van der Waals surface area (Å²) < 4.78 is 11.3. The topological polar surface area (TPSA) is 30.5 Å². The second kappa shape index (κ2) is 10.3. The largest absolute Gasteiger partial charge is 0.496 e. The number of benzene rings is 2. The van der Waals surface area contributed by atoms with Gasteiger partial charge in [0.1, 0.15) is 5.75 Å². The van der Waals surface area contributed by atoms with E-state index < -0.39 is 0 Å². The van der Waals surface area contributed by atoms with Crippen LogP contribution in [0.5, 0.6) is 5.75 Å². The van der Waals surface area contributed by atoms with Crippen LogP contribution in [0.3, 0.4) is 0 Å². The second-order valence-electron chi connectivity index (χ2n) is 7.02. The lowest BCUT2D eigenvalue weighted by atomic mass is 10.00. The van der Waals surface area contributed by atoms with Gasteiger partial charge in [-0.2, -0.15) is 0 Å². The highest BCUT2D eigenvalue weighted by atomic mass is 16.5. The lowest BCUT2D eigenvalue weighted by Crippen LogP contribution is -2.27. The number of ether oxygens (including phenoxy) is 2. The van der Waals surface area contributed by atoms with E-state index in [2.05, 4.69) is 63.3 Å². The SMILES string of the molecule is CCOC(CCNC(C)c1ccc(-c2ccccc2OC)cc1)C(C)C. The van der Waals surface area contributed by atoms with Crippen molar-refractivity contribution in [3.05, 3.63) is 54.1 Å². The van der Waals surface area contributed by atoms with Crippen LogP contribution in [-0.2, 0) is 4.74 Å². The predicted octanol–water partition coefficient (Wildman–Crippen LogP) is 5.46. The first kappa shape index (κ1) is 20.5. The van der Waals surface area contributed by atoms with Crippen molar-refractivity contribution in [1.82, 2.24) is 5.32 Å². The van der Waals surface area contributed by atoms with Gasteiger partial charge in [0.05, 0.1) is 13.2 Å². The number of methoxy groups -OCH3 is 1. The minimum absolute atomic E-state index is 0.316. The van der Waals surface area contributed by atoms with Gasteiger partial charge in [0.15, 0.2) is 0 Å². The average molecular weight is 356 g/mol. The summed E-state index contributed by atoms with van der Waals surface area (Å²) in [6, 6.07) is 17.2. The van der Waals surface area contributed by atoms with Crippen LogP contribution in [0, 0.1) is 5.92 Å². The van der Waals surface area contributed by atoms with E-state index in [1.54, 1.807) is 7.11 Å². The molecule has 0 saturated heterocycles. The Kier molecular flexibility index (Phi) is 8.14. The molecule has 0 bridgehead atoms. The summed E-state index contributed by atoms with van der Waals surface area (Å²) in [5.74, 6) is 1.45. The summed E-state index contributed by atoms with van der Waals surface area (Å²) in [6.07, 6.45) is 1.36. The monoisotopic (exact) mass is 355 g/mol. The highest BCUT2D eigenvalue weighted by molar-refractivity contribution is 5.70. The minimum atomic E-state index is 0.316. The summed E-state index contributed by atoms with van der Waals surface area (Å²) in [5.41, 5.74) is 3.59. The van der Waals surface area contributed by atoms with Crippen molar-refractivity contribution in [1.29, 1.82) is 0 Å². The van der Waals surface area contributed by atoms with Gasteiger partial charge in [-0.05, 0) is 49.9 Å². The van der Waals surface area contributed by atoms with Crippen molar-refractivity contribution >= 4 is 0 Å². The molecule has 2 unspecified atom stereocenters. The van der Waals surface area contributed by atoms with Crippen LogP contribution in [0.4, 0.5) is 0 Å². The van der Waals surface area contributed by atoms with Gasteiger partial charge >= 0.3 is 0 Å². The van der Waals surface area contributed by atoms with Crippen molar-refractivity contribution in [3.8, 4) is 16.9 Å². The molecule has 142 valence electrons. The molecule has 0 heterocycles. The maximum atomic E-state index is 5.83. The Bertz CT molecular complexity index is 652. The molecule has 0 aliphatic carbocycles. The van der Waals surface area contributed by atoms with Gasteiger partial charge in [0.2, 0.25) is 0 Å². The Labute approximate surface area is 158 Å². The van der Waals surface area contributed by atoms with E-state index in [0.29, 0.717) is 18.1 Å². The maximum Gasteiger partial charge on any atom is 0.126 e. The summed E-state index contributed by atoms with van der Waals surface area (Å²) >= 11 is 0. The Hall–Kier alpha value is -1.84. The number of hydrogen-bond donors (Lipinski definition) is 1. The standard InChI is InChI=1S/C23H33NO2/c1-6-26-22(17(2)3)15-16-24-18(4)19-11-13-20(14-12-19)21-9-7-8-10-23(21)25-5/h7-14,17-18,22,24H,6,15-16H2,1-5H3. The fourth-order valence-electron chi connectivity index (χ4n) is 3.22. The molecule has 2 rings (SSSR count). The van der Waals surface area contributed by atoms with Crippen LogP contribution in [0.2, 0.25) is 0 Å². The van der Waals surface area contributed by atoms with Gasteiger partial charge < -0.3 is 14.8 Å². The quantitative estimate of drug-likeness (QED) is 0.613. The summed E-state index contributed by atoms with van der Waals surface area (Å²) in [7, 11) is 1.71. The maximum absolute atomic E-state index is 5.83. The van der Waals surface area contributed by atoms with Gasteiger partial charge in [-0.25, -0.2) is 0 Å². The van der Waals surface area contributed by atoms with Gasteiger partial charge in [0.25, 0.3) is 0 Å². The van der Waals surface area contributed by atoms with E-state index in [0.717, 1.165) is 30.9 Å². The van der Waals surface area contributed by atoms with Crippen molar-refractivity contribution in [2.45, 2.75) is 46.3 Å². The van der Waals surface area contributed by atoms with Crippen molar-refractivity contribution in [2.75, 3.05) is 20.3 Å². The van der Waals surface area contributed by atoms with E-state index in [1.165, 1.54) is 11.1 Å². The lowest BCUT2D eigenvalue weighted by molar-refractivity contribution is 0.0247. The van der Waals surface area contributed by atoms with Gasteiger partial charge in [-0.3, -0.25) is 0 Å². The summed E-state index contributed by atoms with van der Waals surface area (Å²) in [6.45, 7) is 10.5. The van der Waals surface area contributed by atoms with Crippen LogP contribution in [0.1, 0.15) is 45.7 Å². The third-order valence-electron chi connectivity index (χ3n) is 4.83. The van der Waals surface area contributed by atoms with Crippen LogP contribution < -0.4 is 10.1 Å². The molecule has 1 N–H and O–H groups in total. The average Bonchev–Trinajstić information content (AvgIpc) is 2.67. The molecule has 0 aromatic heterocycles. The van der Waals surface area contributed by atoms with Gasteiger partial charge in [-0.15, -0.1) is 0 Å². The Morgan fingerprint density at radius 3 is 2.27 bits per heavy atom. The Morgan fingerprint density at radius 2 is 1.65 bits per heavy atom. The first-order chi connectivity index (χ1) is 12.6. The number of rotatable bonds is 10. The normalized spacial score (nSPS) is 13.6. The highest BCUT2D eigenvalue weighted by Gasteiger charge is 2.14. The van der Waals surface area contributed by atoms with E-state index in [9.17, 15) is 0 Å². The van der Waals surface area contributed by atoms with Crippen LogP contribution in [-0.4, -0.2) is 26.4 Å². The molecule has 0 radical (unpaired) electrons. The smallest absolute Gasteiger partial charge is 0.126 e. The van der Waals surface area contributed by atoms with Gasteiger partial charge in [-0.1, -0.05) is 56.3 Å². The first-order valence-corrected chi connectivity index (χ1v) is 9.65. The molecule has 0 amide bonds. The van der Waals surface area contributed by atoms with E-state index in [1.807, 2.05) is 18.2 Å². The molecular weight excluding hydrogens is 322 g/mol. The zero-order valence-electron chi connectivity index (χ0n) is 16.8. The number of hydrogen-bond acceptors (Lipinski definition) is 3. The third kappa shape index (κ3) is 5.58. The zero-order valence-corrected chi connectivity index (χ0v) is 16.8. The fourth-order valence-corrected chi connectivity index (χ4v) is 3.22. The van der Waals surface area contributed by atoms with Crippen LogP contribution >= 0.6 is 0 Å². The molecule has 26 heavy (non-hydrogen) atoms. The predicted molar refractivity (Wildman–Crippen MR) is 110 cm³/mol. The molecule has 0 aliphatic rings. The lowest BCUT2D eigenvalue weighted by Gasteiger charge is -2.22. The van der Waals surface area contributed by atoms with E-state index in [4.69, 9.17) is 9.47 Å². The Morgan fingerprint density at radius 1 is 0.962 bits per heavy atom. The number of para-hydroxylation sites is 1. The molecule has 0 spiro atoms. The molecule has 0 aliphatic heterocycles. The van der Waals surface area contributed by atoms with E-state index >= 15 is 0 Å². The molecule has 0 fully saturated rings. The molecule has 2 aromatic carbocycles. The molecule has 2 aromatic rings. The number of nitrogens with one attached hydrogen (secondary N) is 1. The highest BCUT2D eigenvalue weighted by Crippen LogP contribution is 2.30. The van der Waals surface area contributed by atoms with Crippen LogP contribution in [0.15, 0.2) is 48.5 Å². The third-order valence-corrected chi connectivity index (χ3v) is 4.83. The van der Waals surface area contributed by atoms with Crippen molar-refractivity contribution < 1.29 is 9.47 Å². The molecule has 3 nitrogen and oxygen atoms in total. The van der Waals surface area contributed by atoms with Crippen molar-refractivity contribution in [3.63, 3.8) is 0 Å². The van der Waals surface area contributed by atoms with E-state index in [-0.39, 0.29) is 0 Å². The minimum Gasteiger partial charge on any atom is -0.496 e. The molecular formula is C23H33NO2. The van der Waals surface area contributed by atoms with Gasteiger partial charge in [0, 0.05) is 18.2 Å². The molecule has 0 saturated carbocycles. The van der Waals surface area contributed by atoms with Crippen molar-refractivity contribution in [2.24, 2.45) is 5.92 Å². The Balaban J connectivity index is 1.95. The summed E-state index contributed by atoms with van der Waals surface area (Å²) in [4.78, 5) is 0. The zero-order chi connectivity index (χ0) is 18.9. The molecule has 2 atom stereocenters. The first-order valence-electron chi connectivity index (χ1n) is 9.65. The fraction of sp³-hybridized carbons (Fsp3) is 0.478. The summed E-state index contributed by atoms with van der Waals surface area (Å²) in [5, 5.41) is 3.62. The molecule has 3 heteroatoms.